The van der Waals surface area contributed by atoms with Crippen LogP contribution in [0, 0.1) is 0 Å². The molecule has 8 heteroatoms. The second kappa shape index (κ2) is 8.23. The maximum absolute atomic E-state index is 13.1. The average molecular weight is 428 g/mol. The number of aromatic amines is 1. The molecule has 1 aliphatic rings. The van der Waals surface area contributed by atoms with Gasteiger partial charge in [0.1, 0.15) is 12.4 Å². The molecule has 2 aromatic heterocycles. The lowest BCUT2D eigenvalue weighted by Gasteiger charge is -2.27. The van der Waals surface area contributed by atoms with Crippen molar-refractivity contribution in [3.8, 4) is 0 Å². The number of H-pyrrole nitrogens is 1. The molecular weight excluding hydrogens is 410 g/mol. The maximum atomic E-state index is 13.1. The summed E-state index contributed by atoms with van der Waals surface area (Å²) in [6.45, 7) is 1.04. The number of ketones is 1. The highest BCUT2D eigenvalue weighted by Gasteiger charge is 2.39. The minimum Gasteiger partial charge on any atom is -0.868 e. The van der Waals surface area contributed by atoms with E-state index in [1.54, 1.807) is 41.8 Å². The predicted molar refractivity (Wildman–Crippen MR) is 107 cm³/mol. The third kappa shape index (κ3) is 3.83. The van der Waals surface area contributed by atoms with E-state index in [9.17, 15) is 14.7 Å². The molecule has 0 bridgehead atoms. The van der Waals surface area contributed by atoms with Crippen molar-refractivity contribution in [2.24, 2.45) is 0 Å². The molecule has 3 aromatic rings. The fourth-order valence-corrected chi connectivity index (χ4v) is 4.32. The zero-order chi connectivity index (χ0) is 20.4. The topological polar surface area (TPSA) is 80.1 Å². The zero-order valence-electron chi connectivity index (χ0n) is 15.4. The highest BCUT2D eigenvalue weighted by Crippen LogP contribution is 2.39. The van der Waals surface area contributed by atoms with Gasteiger partial charge in [-0.15, -0.1) is 11.3 Å². The van der Waals surface area contributed by atoms with Crippen molar-refractivity contribution in [2.45, 2.75) is 19.0 Å². The summed E-state index contributed by atoms with van der Waals surface area (Å²) < 4.78 is 1.96. The van der Waals surface area contributed by atoms with Crippen LogP contribution in [0.5, 0.6) is 0 Å². The maximum Gasteiger partial charge on any atom is 0.241 e. The van der Waals surface area contributed by atoms with E-state index in [0.717, 1.165) is 0 Å². The van der Waals surface area contributed by atoms with E-state index >= 15 is 0 Å². The van der Waals surface area contributed by atoms with Crippen LogP contribution >= 0.6 is 22.9 Å². The van der Waals surface area contributed by atoms with Gasteiger partial charge in [-0.25, -0.2) is 4.57 Å². The Bertz CT molecular complexity index is 1040. The minimum absolute atomic E-state index is 0.00840. The summed E-state index contributed by atoms with van der Waals surface area (Å²) in [4.78, 5) is 30.8. The fourth-order valence-electron chi connectivity index (χ4n) is 3.52. The molecule has 4 rings (SSSR count). The van der Waals surface area contributed by atoms with E-state index in [1.807, 2.05) is 23.3 Å². The smallest absolute Gasteiger partial charge is 0.241 e. The van der Waals surface area contributed by atoms with Crippen LogP contribution in [0.4, 0.5) is 0 Å². The normalized spacial score (nSPS) is 16.7. The number of rotatable bonds is 7. The van der Waals surface area contributed by atoms with Gasteiger partial charge in [0, 0.05) is 23.6 Å². The van der Waals surface area contributed by atoms with Crippen LogP contribution in [-0.4, -0.2) is 28.1 Å². The number of hydrogen-bond donors (Lipinski definition) is 1. The van der Waals surface area contributed by atoms with E-state index in [2.05, 4.69) is 4.98 Å². The SMILES string of the molecule is O=C(C1=C([O-])C(=O)N(CCC[n+]2cc[nH]c2)C1c1ccc(Cl)cc1)c1cccs1. The standard InChI is InChI=1S/C21H18ClN3O3S/c22-15-6-4-14(5-7-15)18-17(19(26)16-3-1-12-29-16)20(27)21(28)25(18)10-2-9-24-11-8-23-13-24/h1,3-8,11-13,18H,2,9-10H2,(H,26,27). The Morgan fingerprint density at radius 3 is 2.72 bits per heavy atom. The third-order valence-corrected chi connectivity index (χ3v) is 6.00. The summed E-state index contributed by atoms with van der Waals surface area (Å²) in [6, 6.07) is 9.63. The Morgan fingerprint density at radius 1 is 1.28 bits per heavy atom. The van der Waals surface area contributed by atoms with Crippen LogP contribution in [0.2, 0.25) is 5.02 Å². The number of benzene rings is 1. The zero-order valence-corrected chi connectivity index (χ0v) is 16.9. The Labute approximate surface area is 176 Å². The molecule has 0 saturated carbocycles. The molecule has 0 radical (unpaired) electrons. The number of halogens is 1. The molecule has 1 aromatic carbocycles. The number of thiophene rings is 1. The molecule has 0 saturated heterocycles. The van der Waals surface area contributed by atoms with Crippen molar-refractivity contribution < 1.29 is 19.3 Å². The monoisotopic (exact) mass is 427 g/mol. The summed E-state index contributed by atoms with van der Waals surface area (Å²) in [6.07, 6.45) is 6.18. The van der Waals surface area contributed by atoms with Gasteiger partial charge in [0.15, 0.2) is 0 Å². The number of nitrogens with zero attached hydrogens (tertiary/aromatic N) is 2. The summed E-state index contributed by atoms with van der Waals surface area (Å²) >= 11 is 7.27. The van der Waals surface area contributed by atoms with Crippen LogP contribution in [0.15, 0.2) is 71.8 Å². The molecule has 1 aliphatic heterocycles. The first-order valence-electron chi connectivity index (χ1n) is 9.14. The van der Waals surface area contributed by atoms with Crippen molar-refractivity contribution in [3.05, 3.63) is 87.3 Å². The Morgan fingerprint density at radius 2 is 2.07 bits per heavy atom. The van der Waals surface area contributed by atoms with Gasteiger partial charge in [-0.1, -0.05) is 29.8 Å². The molecule has 0 fully saturated rings. The Kier molecular flexibility index (Phi) is 5.51. The van der Waals surface area contributed by atoms with Gasteiger partial charge in [0.25, 0.3) is 0 Å². The number of carbonyl (C=O) groups is 2. The lowest BCUT2D eigenvalue weighted by molar-refractivity contribution is -0.695. The first kappa shape index (κ1) is 19.4. The second-order valence-electron chi connectivity index (χ2n) is 6.70. The first-order chi connectivity index (χ1) is 14.1. The van der Waals surface area contributed by atoms with E-state index in [1.165, 1.54) is 16.2 Å². The number of Topliss-reactive ketones (excluding diaryl/α,β-unsaturated/α-hetero) is 1. The Balaban J connectivity index is 1.66. The van der Waals surface area contributed by atoms with Crippen molar-refractivity contribution in [1.82, 2.24) is 9.88 Å². The van der Waals surface area contributed by atoms with Crippen LogP contribution < -0.4 is 9.67 Å². The highest BCUT2D eigenvalue weighted by molar-refractivity contribution is 7.12. The summed E-state index contributed by atoms with van der Waals surface area (Å²) in [5, 5.41) is 15.1. The number of aromatic nitrogens is 2. The van der Waals surface area contributed by atoms with Gasteiger partial charge < -0.3 is 10.0 Å². The van der Waals surface area contributed by atoms with Gasteiger partial charge in [-0.3, -0.25) is 14.6 Å². The molecule has 6 nitrogen and oxygen atoms in total. The average Bonchev–Trinajstić information content (AvgIpc) is 3.47. The van der Waals surface area contributed by atoms with E-state index in [-0.39, 0.29) is 11.4 Å². The van der Waals surface area contributed by atoms with Crippen LogP contribution in [0.1, 0.15) is 27.7 Å². The molecule has 1 atom stereocenters. The quantitative estimate of drug-likeness (QED) is 0.464. The fraction of sp³-hybridized carbons (Fsp3) is 0.190. The van der Waals surface area contributed by atoms with E-state index in [4.69, 9.17) is 11.6 Å². The second-order valence-corrected chi connectivity index (χ2v) is 8.09. The first-order valence-corrected chi connectivity index (χ1v) is 10.4. The lowest BCUT2D eigenvalue weighted by Crippen LogP contribution is -2.37. The van der Waals surface area contributed by atoms with Crippen molar-refractivity contribution in [3.63, 3.8) is 0 Å². The van der Waals surface area contributed by atoms with Gasteiger partial charge in [0.05, 0.1) is 17.5 Å². The van der Waals surface area contributed by atoms with Crippen LogP contribution in [-0.2, 0) is 11.3 Å². The minimum atomic E-state index is -0.724. The van der Waals surface area contributed by atoms with Crippen molar-refractivity contribution in [2.75, 3.05) is 6.54 Å². The number of hydrogen-bond acceptors (Lipinski definition) is 4. The number of amides is 1. The molecule has 29 heavy (non-hydrogen) atoms. The number of nitrogens with one attached hydrogen (secondary N) is 1. The van der Waals surface area contributed by atoms with Gasteiger partial charge in [-0.2, -0.15) is 0 Å². The summed E-state index contributed by atoms with van der Waals surface area (Å²) in [7, 11) is 0. The van der Waals surface area contributed by atoms with Crippen molar-refractivity contribution in [1.29, 1.82) is 0 Å². The third-order valence-electron chi connectivity index (χ3n) is 4.88. The molecule has 3 heterocycles. The summed E-state index contributed by atoms with van der Waals surface area (Å²) in [5.74, 6) is -1.75. The van der Waals surface area contributed by atoms with E-state index in [0.29, 0.717) is 35.0 Å². The van der Waals surface area contributed by atoms with Gasteiger partial charge in [0.2, 0.25) is 18.0 Å². The molecule has 0 aliphatic carbocycles. The largest absolute Gasteiger partial charge is 0.868 e. The molecule has 1 unspecified atom stereocenters. The highest BCUT2D eigenvalue weighted by atomic mass is 35.5. The van der Waals surface area contributed by atoms with Crippen LogP contribution in [0.3, 0.4) is 0 Å². The number of imidazole rings is 1. The molecule has 0 spiro atoms. The van der Waals surface area contributed by atoms with Gasteiger partial charge in [-0.05, 0) is 34.9 Å². The van der Waals surface area contributed by atoms with Crippen LogP contribution in [0.25, 0.3) is 0 Å². The summed E-state index contributed by atoms with van der Waals surface area (Å²) in [5.41, 5.74) is 0.705. The molecule has 1 N–H and O–H groups in total. The lowest BCUT2D eigenvalue weighted by atomic mass is 9.95. The molecule has 148 valence electrons. The predicted octanol–water partition coefficient (Wildman–Crippen LogP) is 2.49. The van der Waals surface area contributed by atoms with E-state index < -0.39 is 17.7 Å². The number of carbonyl (C=O) groups excluding carboxylic acids is 2. The number of aryl methyl sites for hydroxylation is 1. The molecule has 1 amide bonds. The Hall–Kier alpha value is -2.90. The van der Waals surface area contributed by atoms with Gasteiger partial charge >= 0.3 is 0 Å². The van der Waals surface area contributed by atoms with Crippen molar-refractivity contribution >= 4 is 34.6 Å². The molecular formula is C21H18ClN3O3S.